The minimum absolute atomic E-state index is 0.568. The Morgan fingerprint density at radius 1 is 1.17 bits per heavy atom. The summed E-state index contributed by atoms with van der Waals surface area (Å²) in [4.78, 5) is 11.4. The van der Waals surface area contributed by atoms with E-state index in [4.69, 9.17) is 4.74 Å². The highest BCUT2D eigenvalue weighted by Gasteiger charge is 2.38. The zero-order chi connectivity index (χ0) is 18.0. The molecule has 0 saturated heterocycles. The first kappa shape index (κ1) is 20.3. The second-order valence-electron chi connectivity index (χ2n) is 5.78. The van der Waals surface area contributed by atoms with Crippen LogP contribution in [0.5, 0.6) is 5.75 Å². The molecule has 0 bridgehead atoms. The average molecular weight is 342 g/mol. The van der Waals surface area contributed by atoms with Crippen LogP contribution in [0.2, 0.25) is 0 Å². The number of Topliss-reactive ketones (excluding diaryl/α,β-unsaturated/α-hetero) is 1. The van der Waals surface area contributed by atoms with Crippen molar-refractivity contribution in [2.45, 2.75) is 57.5 Å². The third-order valence-electron chi connectivity index (χ3n) is 3.86. The van der Waals surface area contributed by atoms with Gasteiger partial charge in [-0.3, -0.25) is 4.79 Å². The highest BCUT2D eigenvalue weighted by atomic mass is 19.4. The van der Waals surface area contributed by atoms with Crippen molar-refractivity contribution in [3.8, 4) is 5.75 Å². The summed E-state index contributed by atoms with van der Waals surface area (Å²) in [6, 6.07) is 6.79. The van der Waals surface area contributed by atoms with Gasteiger partial charge in [-0.15, -0.1) is 0 Å². The Balaban J connectivity index is 2.78. The van der Waals surface area contributed by atoms with Crippen LogP contribution in [0.3, 0.4) is 0 Å². The van der Waals surface area contributed by atoms with E-state index in [2.05, 4.69) is 6.92 Å². The van der Waals surface area contributed by atoms with E-state index in [1.807, 2.05) is 6.08 Å². The van der Waals surface area contributed by atoms with E-state index in [0.29, 0.717) is 11.3 Å². The van der Waals surface area contributed by atoms with Crippen molar-refractivity contribution in [1.29, 1.82) is 0 Å². The predicted molar refractivity (Wildman–Crippen MR) is 89.3 cm³/mol. The van der Waals surface area contributed by atoms with Crippen molar-refractivity contribution >= 4 is 5.78 Å². The number of ether oxygens (including phenoxy) is 1. The van der Waals surface area contributed by atoms with Gasteiger partial charge in [0.15, 0.2) is 0 Å². The number of allylic oxidation sites excluding steroid dienone is 2. The molecular weight excluding hydrogens is 317 g/mol. The van der Waals surface area contributed by atoms with Gasteiger partial charge in [-0.1, -0.05) is 50.5 Å². The molecule has 0 amide bonds. The minimum Gasteiger partial charge on any atom is -0.497 e. The van der Waals surface area contributed by atoms with Crippen LogP contribution in [0.1, 0.15) is 56.9 Å². The number of halogens is 3. The molecule has 1 aromatic rings. The number of carbonyl (C=O) groups excluding carboxylic acids is 1. The zero-order valence-electron chi connectivity index (χ0n) is 14.2. The van der Waals surface area contributed by atoms with E-state index in [1.165, 1.54) is 7.11 Å². The average Bonchev–Trinajstić information content (AvgIpc) is 2.56. The first-order valence-corrected chi connectivity index (χ1v) is 8.29. The van der Waals surface area contributed by atoms with Crippen LogP contribution in [0, 0.1) is 0 Å². The van der Waals surface area contributed by atoms with E-state index >= 15 is 0 Å². The van der Waals surface area contributed by atoms with E-state index in [9.17, 15) is 18.0 Å². The van der Waals surface area contributed by atoms with Crippen LogP contribution in [0.15, 0.2) is 36.4 Å². The summed E-state index contributed by atoms with van der Waals surface area (Å²) in [7, 11) is 1.52. The summed E-state index contributed by atoms with van der Waals surface area (Å²) in [5.41, 5.74) is 0.679. The molecular formula is C19H25F3O2. The highest BCUT2D eigenvalue weighted by molar-refractivity contribution is 5.85. The first-order chi connectivity index (χ1) is 11.4. The Hall–Kier alpha value is -1.78. The van der Waals surface area contributed by atoms with Crippen molar-refractivity contribution in [2.75, 3.05) is 7.11 Å². The van der Waals surface area contributed by atoms with Crippen LogP contribution in [-0.4, -0.2) is 19.1 Å². The maximum atomic E-state index is 12.6. The molecule has 0 heterocycles. The third-order valence-corrected chi connectivity index (χ3v) is 3.86. The van der Waals surface area contributed by atoms with Gasteiger partial charge in [-0.2, -0.15) is 13.2 Å². The molecule has 1 atom stereocenters. The topological polar surface area (TPSA) is 26.3 Å². The Bertz CT molecular complexity index is 518. The van der Waals surface area contributed by atoms with Crippen molar-refractivity contribution in [1.82, 2.24) is 0 Å². The van der Waals surface area contributed by atoms with Gasteiger partial charge >= 0.3 is 6.18 Å². The van der Waals surface area contributed by atoms with Crippen molar-refractivity contribution in [2.24, 2.45) is 0 Å². The van der Waals surface area contributed by atoms with Crippen molar-refractivity contribution < 1.29 is 22.7 Å². The smallest absolute Gasteiger partial charge is 0.450 e. The number of rotatable bonds is 10. The number of hydrogen-bond acceptors (Lipinski definition) is 2. The van der Waals surface area contributed by atoms with Crippen LogP contribution >= 0.6 is 0 Å². The zero-order valence-corrected chi connectivity index (χ0v) is 14.2. The molecule has 0 unspecified atom stereocenters. The van der Waals surface area contributed by atoms with Crippen LogP contribution in [0.25, 0.3) is 0 Å². The molecule has 5 heteroatoms. The van der Waals surface area contributed by atoms with Gasteiger partial charge in [-0.25, -0.2) is 0 Å². The lowest BCUT2D eigenvalue weighted by Gasteiger charge is -2.14. The Kier molecular flexibility index (Phi) is 8.58. The fourth-order valence-corrected chi connectivity index (χ4v) is 2.41. The summed E-state index contributed by atoms with van der Waals surface area (Å²) >= 11 is 0. The van der Waals surface area contributed by atoms with Gasteiger partial charge in [-0.05, 0) is 30.5 Å². The standard InChI is InChI=1S/C19H25F3O2/c1-3-4-5-6-7-8-9-16(14-18(23)19(20,21)22)15-10-12-17(24-2)13-11-15/h8-13,16H,3-7,14H2,1-2H3/b9-8+/t16-/m0/s1. The highest BCUT2D eigenvalue weighted by Crippen LogP contribution is 2.28. The number of alkyl halides is 3. The number of benzene rings is 1. The lowest BCUT2D eigenvalue weighted by molar-refractivity contribution is -0.171. The first-order valence-electron chi connectivity index (χ1n) is 8.29. The normalized spacial score (nSPS) is 13.2. The largest absolute Gasteiger partial charge is 0.497 e. The van der Waals surface area contributed by atoms with E-state index in [0.717, 1.165) is 32.1 Å². The summed E-state index contributed by atoms with van der Waals surface area (Å²) in [5, 5.41) is 0. The number of ketones is 1. The Morgan fingerprint density at radius 3 is 2.38 bits per heavy atom. The lowest BCUT2D eigenvalue weighted by Crippen LogP contribution is -2.24. The van der Waals surface area contributed by atoms with Gasteiger partial charge in [0.1, 0.15) is 5.75 Å². The third kappa shape index (κ3) is 7.20. The number of unbranched alkanes of at least 4 members (excludes halogenated alkanes) is 4. The van der Waals surface area contributed by atoms with Gasteiger partial charge in [0.25, 0.3) is 0 Å². The summed E-state index contributed by atoms with van der Waals surface area (Å²) in [6.07, 6.45) is 3.46. The lowest BCUT2D eigenvalue weighted by atomic mass is 9.92. The maximum Gasteiger partial charge on any atom is 0.450 e. The van der Waals surface area contributed by atoms with Gasteiger partial charge < -0.3 is 4.74 Å². The molecule has 134 valence electrons. The second-order valence-corrected chi connectivity index (χ2v) is 5.78. The van der Waals surface area contributed by atoms with Crippen molar-refractivity contribution in [3.63, 3.8) is 0 Å². The fourth-order valence-electron chi connectivity index (χ4n) is 2.41. The number of hydrogen-bond donors (Lipinski definition) is 0. The molecule has 2 nitrogen and oxygen atoms in total. The monoisotopic (exact) mass is 342 g/mol. The second kappa shape index (κ2) is 10.2. The SMILES string of the molecule is CCCCCC/C=C/[C@@H](CC(=O)C(F)(F)F)c1ccc(OC)cc1. The van der Waals surface area contributed by atoms with E-state index < -0.39 is 24.3 Å². The molecule has 1 aromatic carbocycles. The fraction of sp³-hybridized carbons (Fsp3) is 0.526. The molecule has 0 fully saturated rings. The molecule has 0 aliphatic carbocycles. The molecule has 0 radical (unpaired) electrons. The Morgan fingerprint density at radius 2 is 1.83 bits per heavy atom. The molecule has 0 aromatic heterocycles. The van der Waals surface area contributed by atoms with E-state index in [1.54, 1.807) is 30.3 Å². The summed E-state index contributed by atoms with van der Waals surface area (Å²) in [5.74, 6) is -1.64. The Labute approximate surface area is 141 Å². The number of carbonyl (C=O) groups is 1. The molecule has 0 N–H and O–H groups in total. The predicted octanol–water partition coefficient (Wildman–Crippen LogP) is 5.83. The van der Waals surface area contributed by atoms with Crippen molar-refractivity contribution in [3.05, 3.63) is 42.0 Å². The molecule has 0 spiro atoms. The maximum absolute atomic E-state index is 12.6. The molecule has 24 heavy (non-hydrogen) atoms. The number of methoxy groups -OCH3 is 1. The van der Waals surface area contributed by atoms with Crippen LogP contribution < -0.4 is 4.74 Å². The van der Waals surface area contributed by atoms with Gasteiger partial charge in [0.05, 0.1) is 7.11 Å². The summed E-state index contributed by atoms with van der Waals surface area (Å²) in [6.45, 7) is 2.12. The molecule has 0 aliphatic heterocycles. The summed E-state index contributed by atoms with van der Waals surface area (Å²) < 4.78 is 42.8. The molecule has 0 aliphatic rings. The molecule has 0 saturated carbocycles. The van der Waals surface area contributed by atoms with Gasteiger partial charge in [0, 0.05) is 12.3 Å². The van der Waals surface area contributed by atoms with Crippen LogP contribution in [0.4, 0.5) is 13.2 Å². The quantitative estimate of drug-likeness (QED) is 0.395. The minimum atomic E-state index is -4.79. The van der Waals surface area contributed by atoms with E-state index in [-0.39, 0.29) is 0 Å². The van der Waals surface area contributed by atoms with Gasteiger partial charge in [0.2, 0.25) is 5.78 Å². The van der Waals surface area contributed by atoms with Crippen LogP contribution in [-0.2, 0) is 4.79 Å². The molecule has 1 rings (SSSR count).